The van der Waals surface area contributed by atoms with Crippen LogP contribution in [0.2, 0.25) is 0 Å². The molecule has 5 heteroatoms. The largest absolute Gasteiger partial charge is 0.385 e. The van der Waals surface area contributed by atoms with Crippen LogP contribution in [0.1, 0.15) is 36.1 Å². The first-order valence-corrected chi connectivity index (χ1v) is 8.33. The fourth-order valence-corrected chi connectivity index (χ4v) is 2.90. The van der Waals surface area contributed by atoms with Gasteiger partial charge in [0, 0.05) is 18.3 Å². The molecule has 0 saturated carbocycles. The van der Waals surface area contributed by atoms with Gasteiger partial charge in [0.15, 0.2) is 11.6 Å². The van der Waals surface area contributed by atoms with Gasteiger partial charge in [-0.2, -0.15) is 0 Å². The second-order valence-electron chi connectivity index (χ2n) is 6.18. The van der Waals surface area contributed by atoms with Crippen LogP contribution in [0, 0.1) is 11.6 Å². The molecule has 130 valence electrons. The lowest BCUT2D eigenvalue weighted by molar-refractivity contribution is -0.117. The summed E-state index contributed by atoms with van der Waals surface area (Å²) in [6.07, 6.45) is 4.92. The van der Waals surface area contributed by atoms with Crippen LogP contribution < -0.4 is 10.6 Å². The Hall–Kier alpha value is -2.69. The first-order chi connectivity index (χ1) is 12.0. The van der Waals surface area contributed by atoms with E-state index in [2.05, 4.69) is 16.7 Å². The first kappa shape index (κ1) is 17.1. The molecule has 1 unspecified atom stereocenters. The van der Waals surface area contributed by atoms with Crippen molar-refractivity contribution in [3.8, 4) is 0 Å². The molecule has 1 amide bonds. The third kappa shape index (κ3) is 4.24. The van der Waals surface area contributed by atoms with Gasteiger partial charge in [0.05, 0.1) is 6.04 Å². The van der Waals surface area contributed by atoms with Gasteiger partial charge in [-0.25, -0.2) is 8.78 Å². The number of hydrogen-bond donors (Lipinski definition) is 2. The van der Waals surface area contributed by atoms with Gasteiger partial charge in [-0.15, -0.1) is 0 Å². The predicted octanol–water partition coefficient (Wildman–Crippen LogP) is 4.21. The average Bonchev–Trinajstić information content (AvgIpc) is 2.62. The van der Waals surface area contributed by atoms with Crippen LogP contribution in [-0.2, 0) is 11.2 Å². The molecule has 3 nitrogen and oxygen atoms in total. The summed E-state index contributed by atoms with van der Waals surface area (Å²) in [5.74, 6) is -2.12. The smallest absolute Gasteiger partial charge is 0.244 e. The Labute approximate surface area is 145 Å². The van der Waals surface area contributed by atoms with Crippen LogP contribution in [-0.4, -0.2) is 12.5 Å². The average molecular weight is 342 g/mol. The van der Waals surface area contributed by atoms with E-state index in [0.717, 1.165) is 42.8 Å². The molecule has 1 heterocycles. The number of fused-ring (bicyclic) bond motifs is 1. The second kappa shape index (κ2) is 7.47. The number of benzene rings is 2. The molecule has 0 aliphatic carbocycles. The Bertz CT molecular complexity index is 817. The highest BCUT2D eigenvalue weighted by atomic mass is 19.2. The molecule has 2 N–H and O–H groups in total. The lowest BCUT2D eigenvalue weighted by atomic mass is 9.98. The van der Waals surface area contributed by atoms with E-state index in [1.807, 2.05) is 19.1 Å². The monoisotopic (exact) mass is 342 g/mol. The molecule has 0 saturated heterocycles. The maximum atomic E-state index is 13.2. The Morgan fingerprint density at radius 3 is 2.84 bits per heavy atom. The number of anilines is 1. The molecule has 0 radical (unpaired) electrons. The molecular formula is C20H20F2N2O. The lowest BCUT2D eigenvalue weighted by Gasteiger charge is -2.21. The highest BCUT2D eigenvalue weighted by molar-refractivity contribution is 5.92. The van der Waals surface area contributed by atoms with Gasteiger partial charge in [0.2, 0.25) is 5.91 Å². The van der Waals surface area contributed by atoms with Crippen LogP contribution in [0.4, 0.5) is 14.5 Å². The van der Waals surface area contributed by atoms with Crippen molar-refractivity contribution in [3.05, 3.63) is 70.8 Å². The number of halogens is 2. The highest BCUT2D eigenvalue weighted by Crippen LogP contribution is 2.25. The topological polar surface area (TPSA) is 41.1 Å². The van der Waals surface area contributed by atoms with Gasteiger partial charge in [-0.05, 0) is 60.7 Å². The zero-order chi connectivity index (χ0) is 17.8. The van der Waals surface area contributed by atoms with E-state index in [4.69, 9.17) is 0 Å². The molecule has 0 bridgehead atoms. The molecule has 25 heavy (non-hydrogen) atoms. The van der Waals surface area contributed by atoms with Crippen molar-refractivity contribution in [2.75, 3.05) is 11.9 Å². The van der Waals surface area contributed by atoms with E-state index in [-0.39, 0.29) is 11.9 Å². The van der Waals surface area contributed by atoms with Crippen LogP contribution in [0.25, 0.3) is 6.08 Å². The standard InChI is InChI=1S/C20H20F2N2O/c1-13(15-6-8-19-16(12-15)3-2-10-23-19)24-20(25)9-5-14-4-7-17(21)18(22)11-14/h4-9,11-13,23H,2-3,10H2,1H3,(H,24,25). The maximum Gasteiger partial charge on any atom is 0.244 e. The van der Waals surface area contributed by atoms with Gasteiger partial charge in [-0.3, -0.25) is 4.79 Å². The van der Waals surface area contributed by atoms with E-state index in [1.54, 1.807) is 0 Å². The van der Waals surface area contributed by atoms with Crippen molar-refractivity contribution >= 4 is 17.7 Å². The number of aryl methyl sites for hydroxylation is 1. The van der Waals surface area contributed by atoms with Crippen LogP contribution in [0.5, 0.6) is 0 Å². The molecule has 1 aliphatic heterocycles. The van der Waals surface area contributed by atoms with Crippen molar-refractivity contribution in [2.45, 2.75) is 25.8 Å². The van der Waals surface area contributed by atoms with Gasteiger partial charge in [0.25, 0.3) is 0 Å². The number of carbonyl (C=O) groups excluding carboxylic acids is 1. The molecule has 2 aromatic carbocycles. The molecular weight excluding hydrogens is 322 g/mol. The van der Waals surface area contributed by atoms with Crippen molar-refractivity contribution in [2.24, 2.45) is 0 Å². The van der Waals surface area contributed by atoms with E-state index < -0.39 is 11.6 Å². The van der Waals surface area contributed by atoms with Gasteiger partial charge >= 0.3 is 0 Å². The van der Waals surface area contributed by atoms with E-state index >= 15 is 0 Å². The summed E-state index contributed by atoms with van der Waals surface area (Å²) in [6.45, 7) is 2.91. The summed E-state index contributed by atoms with van der Waals surface area (Å²) in [6, 6.07) is 9.53. The normalized spacial score (nSPS) is 14.7. The van der Waals surface area contributed by atoms with Gasteiger partial charge in [-0.1, -0.05) is 18.2 Å². The van der Waals surface area contributed by atoms with Crippen molar-refractivity contribution < 1.29 is 13.6 Å². The summed E-state index contributed by atoms with van der Waals surface area (Å²) in [7, 11) is 0. The molecule has 3 rings (SSSR count). The third-order valence-corrected chi connectivity index (χ3v) is 4.30. The van der Waals surface area contributed by atoms with E-state index in [0.29, 0.717) is 5.56 Å². The minimum Gasteiger partial charge on any atom is -0.385 e. The fraction of sp³-hybridized carbons (Fsp3) is 0.250. The summed E-state index contributed by atoms with van der Waals surface area (Å²) in [5, 5.41) is 6.25. The third-order valence-electron chi connectivity index (χ3n) is 4.30. The Morgan fingerprint density at radius 1 is 1.20 bits per heavy atom. The van der Waals surface area contributed by atoms with Crippen LogP contribution in [0.15, 0.2) is 42.5 Å². The summed E-state index contributed by atoms with van der Waals surface area (Å²) >= 11 is 0. The molecule has 1 atom stereocenters. The van der Waals surface area contributed by atoms with Crippen LogP contribution in [0.3, 0.4) is 0 Å². The maximum absolute atomic E-state index is 13.2. The summed E-state index contributed by atoms with van der Waals surface area (Å²) < 4.78 is 26.1. The Morgan fingerprint density at radius 2 is 2.04 bits per heavy atom. The lowest BCUT2D eigenvalue weighted by Crippen LogP contribution is -2.25. The molecule has 0 fully saturated rings. The summed E-state index contributed by atoms with van der Waals surface area (Å²) in [4.78, 5) is 12.1. The van der Waals surface area contributed by atoms with Gasteiger partial charge < -0.3 is 10.6 Å². The first-order valence-electron chi connectivity index (χ1n) is 8.33. The molecule has 0 aromatic heterocycles. The number of nitrogens with one attached hydrogen (secondary N) is 2. The van der Waals surface area contributed by atoms with Crippen molar-refractivity contribution in [3.63, 3.8) is 0 Å². The number of carbonyl (C=O) groups is 1. The fourth-order valence-electron chi connectivity index (χ4n) is 2.90. The zero-order valence-electron chi connectivity index (χ0n) is 14.0. The molecule has 1 aliphatic rings. The molecule has 2 aromatic rings. The van der Waals surface area contributed by atoms with Crippen molar-refractivity contribution in [1.29, 1.82) is 0 Å². The van der Waals surface area contributed by atoms with Crippen molar-refractivity contribution in [1.82, 2.24) is 5.32 Å². The predicted molar refractivity (Wildman–Crippen MR) is 95.2 cm³/mol. The minimum atomic E-state index is -0.932. The number of amides is 1. The molecule has 0 spiro atoms. The van der Waals surface area contributed by atoms with Gasteiger partial charge in [0.1, 0.15) is 0 Å². The minimum absolute atomic E-state index is 0.144. The Balaban J connectivity index is 1.64. The van der Waals surface area contributed by atoms with E-state index in [9.17, 15) is 13.6 Å². The highest BCUT2D eigenvalue weighted by Gasteiger charge is 2.13. The SMILES string of the molecule is CC(NC(=O)C=Cc1ccc(F)c(F)c1)c1ccc2c(c1)CCCN2. The number of rotatable bonds is 4. The van der Waals surface area contributed by atoms with E-state index in [1.165, 1.54) is 23.8 Å². The quantitative estimate of drug-likeness (QED) is 0.817. The summed E-state index contributed by atoms with van der Waals surface area (Å²) in [5.41, 5.74) is 3.90. The van der Waals surface area contributed by atoms with Crippen LogP contribution >= 0.6 is 0 Å². The number of hydrogen-bond acceptors (Lipinski definition) is 2. The second-order valence-corrected chi connectivity index (χ2v) is 6.18. The Kier molecular flexibility index (Phi) is 5.12. The zero-order valence-corrected chi connectivity index (χ0v) is 14.0.